The fourth-order valence-electron chi connectivity index (χ4n) is 3.88. The monoisotopic (exact) mass is 398 g/mol. The number of non-ortho nitro benzene ring substituents is 1. The van der Waals surface area contributed by atoms with Crippen molar-refractivity contribution in [1.29, 1.82) is 0 Å². The molecule has 0 radical (unpaired) electrons. The van der Waals surface area contributed by atoms with Gasteiger partial charge in [0, 0.05) is 29.7 Å². The zero-order valence-electron chi connectivity index (χ0n) is 16.7. The van der Waals surface area contributed by atoms with E-state index < -0.39 is 4.92 Å². The Hall–Kier alpha value is -3.09. The van der Waals surface area contributed by atoms with Crippen molar-refractivity contribution in [3.63, 3.8) is 0 Å². The highest BCUT2D eigenvalue weighted by Crippen LogP contribution is 2.37. The van der Waals surface area contributed by atoms with Crippen LogP contribution in [0.2, 0.25) is 0 Å². The quantitative estimate of drug-likeness (QED) is 0.549. The van der Waals surface area contributed by atoms with Crippen molar-refractivity contribution in [3.8, 4) is 11.5 Å². The summed E-state index contributed by atoms with van der Waals surface area (Å²) in [4.78, 5) is 23.0. The van der Waals surface area contributed by atoms with Gasteiger partial charge >= 0.3 is 0 Å². The third kappa shape index (κ3) is 4.85. The Morgan fingerprint density at radius 2 is 1.86 bits per heavy atom. The zero-order chi connectivity index (χ0) is 20.8. The lowest BCUT2D eigenvalue weighted by atomic mass is 9.79. The number of nitrogens with one attached hydrogen (secondary N) is 1. The highest BCUT2D eigenvalue weighted by molar-refractivity contribution is 5.94. The Morgan fingerprint density at radius 1 is 1.14 bits per heavy atom. The van der Waals surface area contributed by atoms with Gasteiger partial charge in [0.15, 0.2) is 11.5 Å². The molecule has 154 valence electrons. The first-order valence-corrected chi connectivity index (χ1v) is 9.89. The molecule has 2 aromatic carbocycles. The van der Waals surface area contributed by atoms with Gasteiger partial charge in [-0.05, 0) is 49.6 Å². The fraction of sp³-hybridized carbons (Fsp3) is 0.409. The number of hydrogen-bond acceptors (Lipinski definition) is 5. The lowest BCUT2D eigenvalue weighted by molar-refractivity contribution is -0.384. The lowest BCUT2D eigenvalue weighted by Crippen LogP contribution is -2.41. The first kappa shape index (κ1) is 20.6. The molecule has 1 N–H and O–H groups in total. The molecule has 0 heterocycles. The molecular weight excluding hydrogens is 372 g/mol. The number of hydrogen-bond donors (Lipinski definition) is 1. The van der Waals surface area contributed by atoms with E-state index in [-0.39, 0.29) is 23.6 Å². The van der Waals surface area contributed by atoms with Crippen LogP contribution in [0.5, 0.6) is 11.5 Å². The SMILES string of the molecule is CCOc1cc([C@H]2CCCC[C@H]2NC(=O)c2ccc([N+](=O)[O-])cc2)ccc1OC. The van der Waals surface area contributed by atoms with Gasteiger partial charge in [0.05, 0.1) is 18.6 Å². The largest absolute Gasteiger partial charge is 0.493 e. The first-order valence-electron chi connectivity index (χ1n) is 9.89. The summed E-state index contributed by atoms with van der Waals surface area (Å²) in [5.41, 5.74) is 1.51. The van der Waals surface area contributed by atoms with E-state index in [0.29, 0.717) is 23.7 Å². The van der Waals surface area contributed by atoms with Crippen molar-refractivity contribution >= 4 is 11.6 Å². The fourth-order valence-corrected chi connectivity index (χ4v) is 3.88. The summed E-state index contributed by atoms with van der Waals surface area (Å²) in [5, 5.41) is 13.9. The number of nitrogens with zero attached hydrogens (tertiary/aromatic N) is 1. The molecule has 1 aliphatic carbocycles. The van der Waals surface area contributed by atoms with E-state index in [1.54, 1.807) is 7.11 Å². The molecule has 0 unspecified atom stereocenters. The standard InChI is InChI=1S/C22H26N2O5/c1-3-29-21-14-16(10-13-20(21)28-2)18-6-4-5-7-19(18)23-22(25)15-8-11-17(12-9-15)24(26)27/h8-14,18-19H,3-7H2,1-2H3,(H,23,25)/t18-,19-/m1/s1. The maximum atomic E-state index is 12.7. The predicted molar refractivity (Wildman–Crippen MR) is 110 cm³/mol. The van der Waals surface area contributed by atoms with E-state index in [9.17, 15) is 14.9 Å². The highest BCUT2D eigenvalue weighted by Gasteiger charge is 2.29. The van der Waals surface area contributed by atoms with Crippen LogP contribution < -0.4 is 14.8 Å². The third-order valence-corrected chi connectivity index (χ3v) is 5.34. The molecule has 1 amide bonds. The average Bonchev–Trinajstić information content (AvgIpc) is 2.74. The molecule has 1 saturated carbocycles. The van der Waals surface area contributed by atoms with Crippen molar-refractivity contribution in [3.05, 3.63) is 63.7 Å². The molecule has 2 aromatic rings. The molecule has 0 saturated heterocycles. The van der Waals surface area contributed by atoms with Gasteiger partial charge in [-0.3, -0.25) is 14.9 Å². The number of carbonyl (C=O) groups is 1. The van der Waals surface area contributed by atoms with Gasteiger partial charge in [0.1, 0.15) is 0 Å². The molecule has 0 spiro atoms. The molecule has 0 bridgehead atoms. The normalized spacial score (nSPS) is 18.7. The van der Waals surface area contributed by atoms with Crippen LogP contribution in [0.3, 0.4) is 0 Å². The van der Waals surface area contributed by atoms with Crippen LogP contribution in [-0.4, -0.2) is 30.6 Å². The number of nitro benzene ring substituents is 1. The summed E-state index contributed by atoms with van der Waals surface area (Å²) < 4.78 is 11.1. The predicted octanol–water partition coefficient (Wildman–Crippen LogP) is 4.46. The summed E-state index contributed by atoms with van der Waals surface area (Å²) in [6.07, 6.45) is 4.02. The number of amides is 1. The van der Waals surface area contributed by atoms with Crippen LogP contribution in [-0.2, 0) is 0 Å². The maximum Gasteiger partial charge on any atom is 0.269 e. The van der Waals surface area contributed by atoms with Crippen molar-refractivity contribution in [2.75, 3.05) is 13.7 Å². The van der Waals surface area contributed by atoms with Gasteiger partial charge in [-0.1, -0.05) is 18.9 Å². The second-order valence-corrected chi connectivity index (χ2v) is 7.12. The van der Waals surface area contributed by atoms with Gasteiger partial charge in [-0.15, -0.1) is 0 Å². The molecule has 1 aliphatic rings. The molecule has 7 nitrogen and oxygen atoms in total. The average molecular weight is 398 g/mol. The van der Waals surface area contributed by atoms with Gasteiger partial charge < -0.3 is 14.8 Å². The van der Waals surface area contributed by atoms with Gasteiger partial charge in [-0.25, -0.2) is 0 Å². The molecular formula is C22H26N2O5. The maximum absolute atomic E-state index is 12.7. The second-order valence-electron chi connectivity index (χ2n) is 7.12. The highest BCUT2D eigenvalue weighted by atomic mass is 16.6. The molecule has 7 heteroatoms. The lowest BCUT2D eigenvalue weighted by Gasteiger charge is -2.33. The summed E-state index contributed by atoms with van der Waals surface area (Å²) in [5.74, 6) is 1.36. The molecule has 3 rings (SSSR count). The number of carbonyl (C=O) groups excluding carboxylic acids is 1. The van der Waals surface area contributed by atoms with E-state index in [1.807, 2.05) is 25.1 Å². The Labute approximate surface area is 170 Å². The molecule has 0 aromatic heterocycles. The van der Waals surface area contributed by atoms with E-state index in [1.165, 1.54) is 24.3 Å². The minimum Gasteiger partial charge on any atom is -0.493 e. The molecule has 0 aliphatic heterocycles. The van der Waals surface area contributed by atoms with Crippen LogP contribution in [0.4, 0.5) is 5.69 Å². The Balaban J connectivity index is 1.78. The summed E-state index contributed by atoms with van der Waals surface area (Å²) in [6.45, 7) is 2.48. The van der Waals surface area contributed by atoms with Crippen molar-refractivity contribution in [2.24, 2.45) is 0 Å². The smallest absolute Gasteiger partial charge is 0.269 e. The molecule has 1 fully saturated rings. The minimum absolute atomic E-state index is 0.00527. The minimum atomic E-state index is -0.474. The number of benzene rings is 2. The van der Waals surface area contributed by atoms with Gasteiger partial charge in [-0.2, -0.15) is 0 Å². The van der Waals surface area contributed by atoms with Crippen LogP contribution in [0, 0.1) is 10.1 Å². The van der Waals surface area contributed by atoms with Gasteiger partial charge in [0.25, 0.3) is 11.6 Å². The van der Waals surface area contributed by atoms with Crippen LogP contribution in [0.1, 0.15) is 54.4 Å². The Bertz CT molecular complexity index is 866. The first-order chi connectivity index (χ1) is 14.0. The third-order valence-electron chi connectivity index (χ3n) is 5.34. The van der Waals surface area contributed by atoms with Crippen LogP contribution in [0.25, 0.3) is 0 Å². The Kier molecular flexibility index (Phi) is 6.69. The van der Waals surface area contributed by atoms with Gasteiger partial charge in [0.2, 0.25) is 0 Å². The van der Waals surface area contributed by atoms with E-state index in [2.05, 4.69) is 5.32 Å². The van der Waals surface area contributed by atoms with E-state index in [0.717, 1.165) is 31.2 Å². The summed E-state index contributed by atoms with van der Waals surface area (Å²) >= 11 is 0. The molecule has 2 atom stereocenters. The second kappa shape index (κ2) is 9.41. The number of ether oxygens (including phenoxy) is 2. The van der Waals surface area contributed by atoms with Crippen molar-refractivity contribution < 1.29 is 19.2 Å². The number of nitro groups is 1. The Morgan fingerprint density at radius 3 is 2.52 bits per heavy atom. The number of methoxy groups -OCH3 is 1. The van der Waals surface area contributed by atoms with Crippen molar-refractivity contribution in [1.82, 2.24) is 5.32 Å². The van der Waals surface area contributed by atoms with Crippen molar-refractivity contribution in [2.45, 2.75) is 44.6 Å². The van der Waals surface area contributed by atoms with E-state index >= 15 is 0 Å². The van der Waals surface area contributed by atoms with Crippen LogP contribution in [0.15, 0.2) is 42.5 Å². The summed E-state index contributed by atoms with van der Waals surface area (Å²) in [7, 11) is 1.62. The van der Waals surface area contributed by atoms with Crippen LogP contribution >= 0.6 is 0 Å². The number of rotatable bonds is 7. The molecule has 29 heavy (non-hydrogen) atoms. The van der Waals surface area contributed by atoms with E-state index in [4.69, 9.17) is 9.47 Å². The summed E-state index contributed by atoms with van der Waals surface area (Å²) in [6, 6.07) is 11.6. The topological polar surface area (TPSA) is 90.7 Å². The zero-order valence-corrected chi connectivity index (χ0v) is 16.7.